The van der Waals surface area contributed by atoms with Crippen LogP contribution in [0.15, 0.2) is 36.0 Å². The Morgan fingerprint density at radius 1 is 1.50 bits per heavy atom. The molecule has 0 amide bonds. The van der Waals surface area contributed by atoms with Crippen LogP contribution in [-0.2, 0) is 4.79 Å². The molecule has 0 radical (unpaired) electrons. The number of carbonyl (C=O) groups is 1. The predicted molar refractivity (Wildman–Crippen MR) is 55.9 cm³/mol. The van der Waals surface area contributed by atoms with Crippen LogP contribution in [0.1, 0.15) is 6.92 Å². The van der Waals surface area contributed by atoms with Crippen LogP contribution in [0.2, 0.25) is 0 Å². The molecule has 1 aromatic carbocycles. The van der Waals surface area contributed by atoms with Crippen molar-refractivity contribution in [1.29, 1.82) is 0 Å². The lowest BCUT2D eigenvalue weighted by Crippen LogP contribution is -2.01. The first-order chi connectivity index (χ1) is 6.59. The Balaban J connectivity index is 2.79. The molecule has 0 atom stereocenters. The summed E-state index contributed by atoms with van der Waals surface area (Å²) >= 11 is 0. The standard InChI is InChI=1S/C10H12N2O2/c1-7(6-10(13)14)12-9-5-3-2-4-8(9)11/h2-6,12H,11H2,1H3,(H,13,14)/b7-6-. The topological polar surface area (TPSA) is 75.3 Å². The number of anilines is 2. The maximum atomic E-state index is 10.3. The minimum Gasteiger partial charge on any atom is -0.478 e. The number of nitrogen functional groups attached to an aromatic ring is 1. The molecular weight excluding hydrogens is 180 g/mol. The van der Waals surface area contributed by atoms with Crippen molar-refractivity contribution in [2.24, 2.45) is 0 Å². The number of nitrogens with two attached hydrogens (primary N) is 1. The Kier molecular flexibility index (Phi) is 3.12. The molecule has 0 aliphatic carbocycles. The van der Waals surface area contributed by atoms with Crippen molar-refractivity contribution < 1.29 is 9.90 Å². The van der Waals surface area contributed by atoms with Crippen molar-refractivity contribution in [3.05, 3.63) is 36.0 Å². The first kappa shape index (κ1) is 10.1. The fraction of sp³-hybridized carbons (Fsp3) is 0.100. The van der Waals surface area contributed by atoms with Gasteiger partial charge in [-0.15, -0.1) is 0 Å². The lowest BCUT2D eigenvalue weighted by Gasteiger charge is -2.08. The normalized spacial score (nSPS) is 11.1. The molecule has 1 rings (SSSR count). The van der Waals surface area contributed by atoms with Crippen molar-refractivity contribution >= 4 is 17.3 Å². The SMILES string of the molecule is C/C(=C/C(=O)O)Nc1ccccc1N. The second-order valence-corrected chi connectivity index (χ2v) is 2.88. The van der Waals surface area contributed by atoms with Gasteiger partial charge in [-0.2, -0.15) is 0 Å². The van der Waals surface area contributed by atoms with Crippen LogP contribution in [0.4, 0.5) is 11.4 Å². The summed E-state index contributed by atoms with van der Waals surface area (Å²) in [5, 5.41) is 11.4. The highest BCUT2D eigenvalue weighted by Crippen LogP contribution is 2.18. The van der Waals surface area contributed by atoms with E-state index in [4.69, 9.17) is 10.8 Å². The number of aliphatic carboxylic acids is 1. The van der Waals surface area contributed by atoms with Crippen molar-refractivity contribution in [3.63, 3.8) is 0 Å². The summed E-state index contributed by atoms with van der Waals surface area (Å²) in [4.78, 5) is 10.3. The molecule has 0 unspecified atom stereocenters. The van der Waals surface area contributed by atoms with E-state index in [0.29, 0.717) is 17.1 Å². The summed E-state index contributed by atoms with van der Waals surface area (Å²) in [6, 6.07) is 7.18. The van der Waals surface area contributed by atoms with Crippen LogP contribution < -0.4 is 11.1 Å². The van der Waals surface area contributed by atoms with Gasteiger partial charge in [-0.25, -0.2) is 4.79 Å². The number of para-hydroxylation sites is 2. The summed E-state index contributed by atoms with van der Waals surface area (Å²) in [7, 11) is 0. The van der Waals surface area contributed by atoms with E-state index in [2.05, 4.69) is 5.32 Å². The highest BCUT2D eigenvalue weighted by molar-refractivity contribution is 5.82. The summed E-state index contributed by atoms with van der Waals surface area (Å²) in [6.07, 6.45) is 1.09. The van der Waals surface area contributed by atoms with E-state index < -0.39 is 5.97 Å². The molecule has 0 saturated heterocycles. The molecule has 0 spiro atoms. The number of carboxylic acid groups (broad SMARTS) is 1. The number of allylic oxidation sites excluding steroid dienone is 1. The minimum atomic E-state index is -0.982. The average Bonchev–Trinajstić information content (AvgIpc) is 2.07. The molecule has 0 aliphatic rings. The van der Waals surface area contributed by atoms with Crippen LogP contribution in [0, 0.1) is 0 Å². The van der Waals surface area contributed by atoms with Gasteiger partial charge in [0.05, 0.1) is 11.4 Å². The second-order valence-electron chi connectivity index (χ2n) is 2.88. The zero-order chi connectivity index (χ0) is 10.6. The van der Waals surface area contributed by atoms with Gasteiger partial charge in [0, 0.05) is 11.8 Å². The number of benzene rings is 1. The van der Waals surface area contributed by atoms with E-state index in [0.717, 1.165) is 6.08 Å². The Bertz CT molecular complexity index is 372. The summed E-state index contributed by atoms with van der Waals surface area (Å²) in [5.74, 6) is -0.982. The fourth-order valence-corrected chi connectivity index (χ4v) is 1.04. The molecule has 1 aromatic rings. The molecule has 0 aromatic heterocycles. The Morgan fingerprint density at radius 3 is 2.71 bits per heavy atom. The maximum absolute atomic E-state index is 10.3. The molecule has 74 valence electrons. The summed E-state index contributed by atoms with van der Waals surface area (Å²) < 4.78 is 0. The molecule has 4 N–H and O–H groups in total. The van der Waals surface area contributed by atoms with Crippen LogP contribution in [0.3, 0.4) is 0 Å². The number of carboxylic acids is 1. The maximum Gasteiger partial charge on any atom is 0.330 e. The monoisotopic (exact) mass is 192 g/mol. The molecule has 0 aliphatic heterocycles. The fourth-order valence-electron chi connectivity index (χ4n) is 1.04. The van der Waals surface area contributed by atoms with Gasteiger partial charge in [-0.05, 0) is 19.1 Å². The van der Waals surface area contributed by atoms with Gasteiger partial charge in [0.25, 0.3) is 0 Å². The highest BCUT2D eigenvalue weighted by Gasteiger charge is 1.98. The van der Waals surface area contributed by atoms with Gasteiger partial charge in [-0.1, -0.05) is 12.1 Å². The average molecular weight is 192 g/mol. The lowest BCUT2D eigenvalue weighted by atomic mass is 10.2. The van der Waals surface area contributed by atoms with Gasteiger partial charge in [-0.3, -0.25) is 0 Å². The lowest BCUT2D eigenvalue weighted by molar-refractivity contribution is -0.131. The van der Waals surface area contributed by atoms with Crippen molar-refractivity contribution in [2.75, 3.05) is 11.1 Å². The minimum absolute atomic E-state index is 0.537. The van der Waals surface area contributed by atoms with Crippen LogP contribution in [0.25, 0.3) is 0 Å². The third-order valence-corrected chi connectivity index (χ3v) is 1.63. The molecular formula is C10H12N2O2. The van der Waals surface area contributed by atoms with Gasteiger partial charge in [0.15, 0.2) is 0 Å². The number of nitrogens with one attached hydrogen (secondary N) is 1. The van der Waals surface area contributed by atoms with E-state index in [9.17, 15) is 4.79 Å². The van der Waals surface area contributed by atoms with E-state index in [-0.39, 0.29) is 0 Å². The first-order valence-electron chi connectivity index (χ1n) is 4.12. The largest absolute Gasteiger partial charge is 0.478 e. The molecule has 0 fully saturated rings. The molecule has 4 heteroatoms. The number of rotatable bonds is 3. The van der Waals surface area contributed by atoms with Crippen molar-refractivity contribution in [2.45, 2.75) is 6.92 Å². The molecule has 0 saturated carbocycles. The number of hydrogen-bond acceptors (Lipinski definition) is 3. The van der Waals surface area contributed by atoms with E-state index in [1.165, 1.54) is 0 Å². The van der Waals surface area contributed by atoms with Gasteiger partial charge in [0.2, 0.25) is 0 Å². The Labute approximate surface area is 82.0 Å². The van der Waals surface area contributed by atoms with Gasteiger partial charge < -0.3 is 16.2 Å². The molecule has 0 bridgehead atoms. The summed E-state index contributed by atoms with van der Waals surface area (Å²) in [5.41, 5.74) is 7.50. The summed E-state index contributed by atoms with van der Waals surface area (Å²) in [6.45, 7) is 1.67. The molecule has 4 nitrogen and oxygen atoms in total. The van der Waals surface area contributed by atoms with Crippen LogP contribution in [-0.4, -0.2) is 11.1 Å². The third kappa shape index (κ3) is 2.82. The molecule has 0 heterocycles. The predicted octanol–water partition coefficient (Wildman–Crippen LogP) is 1.67. The van der Waals surface area contributed by atoms with E-state index in [1.54, 1.807) is 19.1 Å². The van der Waals surface area contributed by atoms with Gasteiger partial charge >= 0.3 is 5.97 Å². The zero-order valence-corrected chi connectivity index (χ0v) is 7.82. The van der Waals surface area contributed by atoms with Crippen LogP contribution >= 0.6 is 0 Å². The second kappa shape index (κ2) is 4.32. The first-order valence-corrected chi connectivity index (χ1v) is 4.12. The zero-order valence-electron chi connectivity index (χ0n) is 7.82. The number of hydrogen-bond donors (Lipinski definition) is 3. The van der Waals surface area contributed by atoms with Crippen molar-refractivity contribution in [1.82, 2.24) is 0 Å². The Morgan fingerprint density at radius 2 is 2.14 bits per heavy atom. The van der Waals surface area contributed by atoms with E-state index >= 15 is 0 Å². The van der Waals surface area contributed by atoms with Crippen molar-refractivity contribution in [3.8, 4) is 0 Å². The quantitative estimate of drug-likeness (QED) is 0.503. The highest BCUT2D eigenvalue weighted by atomic mass is 16.4. The third-order valence-electron chi connectivity index (χ3n) is 1.63. The molecule has 14 heavy (non-hydrogen) atoms. The van der Waals surface area contributed by atoms with Gasteiger partial charge in [0.1, 0.15) is 0 Å². The smallest absolute Gasteiger partial charge is 0.330 e. The Hall–Kier alpha value is -1.97. The van der Waals surface area contributed by atoms with E-state index in [1.807, 2.05) is 12.1 Å². The van der Waals surface area contributed by atoms with Crippen LogP contribution in [0.5, 0.6) is 0 Å².